The van der Waals surface area contributed by atoms with Crippen LogP contribution in [-0.4, -0.2) is 46.1 Å². The average Bonchev–Trinajstić information content (AvgIpc) is 3.28. The molecule has 0 bridgehead atoms. The van der Waals surface area contributed by atoms with Crippen LogP contribution in [0.4, 0.5) is 0 Å². The maximum atomic E-state index is 12.5. The zero-order valence-corrected chi connectivity index (χ0v) is 41.5. The minimum Gasteiger partial charge on any atom is -0.394 e. The Morgan fingerprint density at radius 3 is 0.984 bits per heavy atom. The second-order valence-electron chi connectivity index (χ2n) is 18.8. The second kappa shape index (κ2) is 51.9. The van der Waals surface area contributed by atoms with E-state index in [0.29, 0.717) is 6.42 Å². The molecule has 0 aromatic rings. The summed E-state index contributed by atoms with van der Waals surface area (Å²) in [5.41, 5.74) is 0. The van der Waals surface area contributed by atoms with Crippen LogP contribution in [0.1, 0.15) is 284 Å². The molecule has 62 heavy (non-hydrogen) atoms. The lowest BCUT2D eigenvalue weighted by Crippen LogP contribution is -2.48. The van der Waals surface area contributed by atoms with Gasteiger partial charge in [-0.15, -0.1) is 0 Å². The molecule has 0 aliphatic rings. The number of allylic oxidation sites excluding steroid dienone is 7. The number of hydrogen-bond donors (Lipinski definition) is 4. The van der Waals surface area contributed by atoms with Gasteiger partial charge in [-0.2, -0.15) is 0 Å². The number of amides is 1. The molecule has 0 rings (SSSR count). The third-order valence-electron chi connectivity index (χ3n) is 12.6. The minimum atomic E-state index is -1.11. The van der Waals surface area contributed by atoms with Crippen molar-refractivity contribution in [3.63, 3.8) is 0 Å². The van der Waals surface area contributed by atoms with Crippen molar-refractivity contribution in [2.75, 3.05) is 6.61 Å². The molecule has 1 amide bonds. The first-order chi connectivity index (χ1) is 30.6. The molecule has 364 valence electrons. The molecule has 0 fully saturated rings. The number of carbonyl (C=O) groups is 1. The fourth-order valence-corrected chi connectivity index (χ4v) is 8.33. The van der Waals surface area contributed by atoms with E-state index < -0.39 is 24.2 Å². The normalized spacial score (nSPS) is 13.7. The van der Waals surface area contributed by atoms with E-state index >= 15 is 0 Å². The Bertz CT molecular complexity index is 1000. The highest BCUT2D eigenvalue weighted by atomic mass is 16.3. The smallest absolute Gasteiger partial charge is 0.249 e. The lowest BCUT2D eigenvalue weighted by atomic mass is 10.0. The predicted octanol–water partition coefficient (Wildman–Crippen LogP) is 16.8. The van der Waals surface area contributed by atoms with E-state index in [4.69, 9.17) is 0 Å². The van der Waals surface area contributed by atoms with Gasteiger partial charge in [-0.25, -0.2) is 0 Å². The Balaban J connectivity index is 3.56. The molecule has 0 saturated heterocycles. The summed E-state index contributed by atoms with van der Waals surface area (Å²) in [7, 11) is 0. The van der Waals surface area contributed by atoms with E-state index in [1.54, 1.807) is 6.08 Å². The molecule has 0 spiro atoms. The van der Waals surface area contributed by atoms with Crippen molar-refractivity contribution in [1.82, 2.24) is 5.32 Å². The maximum Gasteiger partial charge on any atom is 0.249 e. The first-order valence-electron chi connectivity index (χ1n) is 27.5. The van der Waals surface area contributed by atoms with Crippen LogP contribution in [0.25, 0.3) is 0 Å². The molecule has 0 radical (unpaired) electrons. The van der Waals surface area contributed by atoms with Gasteiger partial charge in [0.2, 0.25) is 5.91 Å². The zero-order chi connectivity index (χ0) is 45.1. The maximum absolute atomic E-state index is 12.5. The number of unbranched alkanes of at least 4 members (excludes halogenated alkanes) is 36. The van der Waals surface area contributed by atoms with Crippen molar-refractivity contribution in [3.05, 3.63) is 48.6 Å². The SMILES string of the molecule is CCCCCCCC/C=C/CC/C=C/CC/C=C/C(O)C(CO)NC(=O)C(O)CCCCCCCCCCCCCCCCCC/C=C\CCCCCCCCCCCCCC. The molecule has 0 aromatic heterocycles. The van der Waals surface area contributed by atoms with Gasteiger partial charge in [0.1, 0.15) is 6.10 Å². The van der Waals surface area contributed by atoms with E-state index in [1.165, 1.54) is 218 Å². The van der Waals surface area contributed by atoms with Crippen LogP contribution >= 0.6 is 0 Å². The molecule has 0 aromatic carbocycles. The van der Waals surface area contributed by atoms with Crippen LogP contribution < -0.4 is 5.32 Å². The molecular formula is C57H107NO4. The number of nitrogens with one attached hydrogen (secondary N) is 1. The molecule has 5 nitrogen and oxygen atoms in total. The van der Waals surface area contributed by atoms with Gasteiger partial charge in [0.05, 0.1) is 18.8 Å². The summed E-state index contributed by atoms with van der Waals surface area (Å²) in [6, 6.07) is -0.821. The summed E-state index contributed by atoms with van der Waals surface area (Å²) < 4.78 is 0. The number of aliphatic hydroxyl groups is 3. The van der Waals surface area contributed by atoms with Crippen molar-refractivity contribution in [2.24, 2.45) is 0 Å². The van der Waals surface area contributed by atoms with Gasteiger partial charge in [0.25, 0.3) is 0 Å². The molecule has 0 heterocycles. The van der Waals surface area contributed by atoms with E-state index in [2.05, 4.69) is 55.6 Å². The van der Waals surface area contributed by atoms with Crippen molar-refractivity contribution >= 4 is 5.91 Å². The standard InChI is InChI=1S/C57H107NO4/c1-3-5-7-9-11-13-15-17-19-21-22-23-24-25-26-27-28-29-30-31-32-33-34-35-36-38-40-42-44-46-48-50-52-56(61)57(62)58-54(53-59)55(60)51-49-47-45-43-41-39-37-20-18-16-14-12-10-8-6-4-2/h18,20,25-26,41,43,49,51,54-56,59-61H,3-17,19,21-24,27-40,42,44-48,50,52-53H2,1-2H3,(H,58,62)/b20-18+,26-25-,43-41+,51-49+. The molecular weight excluding hydrogens is 763 g/mol. The summed E-state index contributed by atoms with van der Waals surface area (Å²) in [5.74, 6) is -0.515. The monoisotopic (exact) mass is 870 g/mol. The third-order valence-corrected chi connectivity index (χ3v) is 12.6. The largest absolute Gasteiger partial charge is 0.394 e. The Morgan fingerprint density at radius 2 is 0.661 bits per heavy atom. The van der Waals surface area contributed by atoms with Crippen LogP contribution in [0.5, 0.6) is 0 Å². The molecule has 3 unspecified atom stereocenters. The Labute approximate surface area is 387 Å². The van der Waals surface area contributed by atoms with Crippen molar-refractivity contribution in [1.29, 1.82) is 0 Å². The second-order valence-corrected chi connectivity index (χ2v) is 18.8. The summed E-state index contributed by atoms with van der Waals surface area (Å²) in [5, 5.41) is 33.2. The highest BCUT2D eigenvalue weighted by Gasteiger charge is 2.22. The zero-order valence-electron chi connectivity index (χ0n) is 41.5. The Morgan fingerprint density at radius 1 is 0.387 bits per heavy atom. The quantitative estimate of drug-likeness (QED) is 0.0362. The number of hydrogen-bond acceptors (Lipinski definition) is 4. The van der Waals surface area contributed by atoms with Crippen LogP contribution in [-0.2, 0) is 4.79 Å². The summed E-state index contributed by atoms with van der Waals surface area (Å²) in [4.78, 5) is 12.5. The minimum absolute atomic E-state index is 0.381. The van der Waals surface area contributed by atoms with E-state index in [0.717, 1.165) is 44.9 Å². The van der Waals surface area contributed by atoms with E-state index in [-0.39, 0.29) is 6.61 Å². The van der Waals surface area contributed by atoms with Crippen molar-refractivity contribution < 1.29 is 20.1 Å². The molecule has 5 heteroatoms. The molecule has 0 aliphatic heterocycles. The van der Waals surface area contributed by atoms with Crippen molar-refractivity contribution in [2.45, 2.75) is 302 Å². The summed E-state index contributed by atoms with van der Waals surface area (Å²) in [6.45, 7) is 4.17. The van der Waals surface area contributed by atoms with E-state index in [9.17, 15) is 20.1 Å². The van der Waals surface area contributed by atoms with Crippen molar-refractivity contribution in [3.8, 4) is 0 Å². The lowest BCUT2D eigenvalue weighted by Gasteiger charge is -2.21. The molecule has 4 N–H and O–H groups in total. The molecule has 0 aliphatic carbocycles. The van der Waals surface area contributed by atoms with E-state index in [1.807, 2.05) is 6.08 Å². The lowest BCUT2D eigenvalue weighted by molar-refractivity contribution is -0.131. The average molecular weight is 870 g/mol. The van der Waals surface area contributed by atoms with Gasteiger partial charge in [0.15, 0.2) is 0 Å². The first kappa shape index (κ1) is 60.3. The van der Waals surface area contributed by atoms with Crippen LogP contribution in [0.3, 0.4) is 0 Å². The van der Waals surface area contributed by atoms with Crippen LogP contribution in [0.15, 0.2) is 48.6 Å². The van der Waals surface area contributed by atoms with Gasteiger partial charge in [-0.1, -0.05) is 262 Å². The highest BCUT2D eigenvalue weighted by Crippen LogP contribution is 2.16. The van der Waals surface area contributed by atoms with Gasteiger partial charge in [-0.05, 0) is 70.6 Å². The van der Waals surface area contributed by atoms with Gasteiger partial charge in [-0.3, -0.25) is 4.79 Å². The molecule has 0 saturated carbocycles. The Hall–Kier alpha value is -1.69. The fraction of sp³-hybridized carbons (Fsp3) is 0.842. The number of rotatable bonds is 50. The third kappa shape index (κ3) is 46.3. The summed E-state index contributed by atoms with van der Waals surface area (Å²) >= 11 is 0. The Kier molecular flexibility index (Phi) is 50.5. The first-order valence-corrected chi connectivity index (χ1v) is 27.5. The number of carbonyl (C=O) groups excluding carboxylic acids is 1. The molecule has 3 atom stereocenters. The van der Waals surface area contributed by atoms with Crippen LogP contribution in [0.2, 0.25) is 0 Å². The number of aliphatic hydroxyl groups excluding tert-OH is 3. The predicted molar refractivity (Wildman–Crippen MR) is 273 cm³/mol. The topological polar surface area (TPSA) is 89.8 Å². The fourth-order valence-electron chi connectivity index (χ4n) is 8.33. The summed E-state index contributed by atoms with van der Waals surface area (Å²) in [6.07, 6.45) is 69.1. The van der Waals surface area contributed by atoms with Crippen LogP contribution in [0, 0.1) is 0 Å². The van der Waals surface area contributed by atoms with Gasteiger partial charge < -0.3 is 20.6 Å². The highest BCUT2D eigenvalue weighted by molar-refractivity contribution is 5.80. The van der Waals surface area contributed by atoms with Gasteiger partial charge in [0, 0.05) is 0 Å². The van der Waals surface area contributed by atoms with Gasteiger partial charge >= 0.3 is 0 Å².